The van der Waals surface area contributed by atoms with Crippen LogP contribution in [-0.4, -0.2) is 35.0 Å². The van der Waals surface area contributed by atoms with Crippen LogP contribution in [0.1, 0.15) is 31.0 Å². The minimum Gasteiger partial charge on any atom is -0.335 e. The van der Waals surface area contributed by atoms with Crippen LogP contribution in [0, 0.1) is 0 Å². The first-order valence-electron chi connectivity index (χ1n) is 10.6. The third kappa shape index (κ3) is 5.46. The minimum absolute atomic E-state index is 0.127. The monoisotopic (exact) mass is 420 g/mol. The minimum atomic E-state index is -0.127. The molecule has 1 aliphatic rings. The number of thiazole rings is 1. The van der Waals surface area contributed by atoms with Gasteiger partial charge in [0.05, 0.1) is 5.69 Å². The number of benzene rings is 2. The predicted octanol–water partition coefficient (Wildman–Crippen LogP) is 5.16. The number of hydrogen-bond acceptors (Lipinski definition) is 4. The summed E-state index contributed by atoms with van der Waals surface area (Å²) in [6.45, 7) is 4.97. The third-order valence-electron chi connectivity index (χ3n) is 5.50. The molecule has 3 aromatic rings. The van der Waals surface area contributed by atoms with Crippen LogP contribution in [0.2, 0.25) is 0 Å². The van der Waals surface area contributed by atoms with Gasteiger partial charge in [0.2, 0.25) is 0 Å². The molecule has 2 heterocycles. The SMILES string of the molecule is CCc1ccc(-c2nc(CN3CCC(NC(=O)Nc4ccccc4)CC3)cs2)cc1. The van der Waals surface area contributed by atoms with Gasteiger partial charge in [-0.1, -0.05) is 49.4 Å². The smallest absolute Gasteiger partial charge is 0.319 e. The van der Waals surface area contributed by atoms with Gasteiger partial charge in [0.25, 0.3) is 0 Å². The third-order valence-corrected chi connectivity index (χ3v) is 6.44. The van der Waals surface area contributed by atoms with E-state index in [2.05, 4.69) is 52.1 Å². The fourth-order valence-electron chi connectivity index (χ4n) is 3.73. The molecule has 156 valence electrons. The Bertz CT molecular complexity index is 947. The molecule has 5 nitrogen and oxygen atoms in total. The second kappa shape index (κ2) is 9.87. The molecule has 0 radical (unpaired) electrons. The van der Waals surface area contributed by atoms with E-state index in [0.717, 1.165) is 55.3 Å². The normalized spacial score (nSPS) is 15.1. The van der Waals surface area contributed by atoms with E-state index in [0.29, 0.717) is 0 Å². The Kier molecular flexibility index (Phi) is 6.77. The van der Waals surface area contributed by atoms with Gasteiger partial charge in [-0.15, -0.1) is 11.3 Å². The van der Waals surface area contributed by atoms with E-state index in [1.54, 1.807) is 11.3 Å². The van der Waals surface area contributed by atoms with Crippen LogP contribution in [0.5, 0.6) is 0 Å². The molecule has 4 rings (SSSR count). The number of rotatable bonds is 6. The highest BCUT2D eigenvalue weighted by Gasteiger charge is 2.21. The van der Waals surface area contributed by atoms with Crippen molar-refractivity contribution >= 4 is 23.1 Å². The maximum atomic E-state index is 12.2. The second-order valence-electron chi connectivity index (χ2n) is 7.71. The Labute approximate surface area is 182 Å². The van der Waals surface area contributed by atoms with Crippen molar-refractivity contribution in [2.45, 2.75) is 38.8 Å². The number of nitrogens with zero attached hydrogens (tertiary/aromatic N) is 2. The molecule has 2 aromatic carbocycles. The number of likely N-dealkylation sites (tertiary alicyclic amines) is 1. The molecule has 2 N–H and O–H groups in total. The lowest BCUT2D eigenvalue weighted by molar-refractivity contribution is 0.188. The van der Waals surface area contributed by atoms with E-state index < -0.39 is 0 Å². The van der Waals surface area contributed by atoms with Crippen LogP contribution < -0.4 is 10.6 Å². The van der Waals surface area contributed by atoms with Crippen LogP contribution in [0.3, 0.4) is 0 Å². The molecule has 1 aromatic heterocycles. The topological polar surface area (TPSA) is 57.3 Å². The Morgan fingerprint density at radius 3 is 2.53 bits per heavy atom. The summed E-state index contributed by atoms with van der Waals surface area (Å²) < 4.78 is 0. The Morgan fingerprint density at radius 2 is 1.83 bits per heavy atom. The first-order valence-corrected chi connectivity index (χ1v) is 11.5. The number of aromatic nitrogens is 1. The van der Waals surface area contributed by atoms with Crippen LogP contribution in [0.15, 0.2) is 60.0 Å². The number of aryl methyl sites for hydroxylation is 1. The lowest BCUT2D eigenvalue weighted by atomic mass is 10.1. The number of urea groups is 1. The first kappa shape index (κ1) is 20.6. The van der Waals surface area contributed by atoms with Crippen molar-refractivity contribution < 1.29 is 4.79 Å². The number of hydrogen-bond donors (Lipinski definition) is 2. The molecular weight excluding hydrogens is 392 g/mol. The Balaban J connectivity index is 1.24. The summed E-state index contributed by atoms with van der Waals surface area (Å²) in [5.41, 5.74) is 4.49. The molecule has 6 heteroatoms. The zero-order valence-electron chi connectivity index (χ0n) is 17.3. The highest BCUT2D eigenvalue weighted by atomic mass is 32.1. The predicted molar refractivity (Wildman–Crippen MR) is 124 cm³/mol. The van der Waals surface area contributed by atoms with E-state index in [9.17, 15) is 4.79 Å². The fourth-order valence-corrected chi connectivity index (χ4v) is 4.55. The van der Waals surface area contributed by atoms with Crippen LogP contribution in [0.4, 0.5) is 10.5 Å². The molecule has 1 aliphatic heterocycles. The Morgan fingerprint density at radius 1 is 1.10 bits per heavy atom. The van der Waals surface area contributed by atoms with Crippen LogP contribution in [0.25, 0.3) is 10.6 Å². The van der Waals surface area contributed by atoms with Crippen molar-refractivity contribution in [3.8, 4) is 10.6 Å². The van der Waals surface area contributed by atoms with Gasteiger partial charge < -0.3 is 10.6 Å². The van der Waals surface area contributed by atoms with E-state index in [1.165, 1.54) is 11.1 Å². The first-order chi connectivity index (χ1) is 14.7. The summed E-state index contributed by atoms with van der Waals surface area (Å²) >= 11 is 1.71. The number of carbonyl (C=O) groups is 1. The summed E-state index contributed by atoms with van der Waals surface area (Å²) in [5, 5.41) is 9.24. The summed E-state index contributed by atoms with van der Waals surface area (Å²) in [6, 6.07) is 18.3. The van der Waals surface area contributed by atoms with E-state index >= 15 is 0 Å². The number of amides is 2. The number of carbonyl (C=O) groups excluding carboxylic acids is 1. The number of para-hydroxylation sites is 1. The van der Waals surface area contributed by atoms with E-state index in [-0.39, 0.29) is 12.1 Å². The molecular formula is C24H28N4OS. The van der Waals surface area contributed by atoms with Gasteiger partial charge >= 0.3 is 6.03 Å². The second-order valence-corrected chi connectivity index (χ2v) is 8.57. The maximum Gasteiger partial charge on any atom is 0.319 e. The number of piperidine rings is 1. The average molecular weight is 421 g/mol. The van der Waals surface area contributed by atoms with Crippen molar-refractivity contribution in [1.82, 2.24) is 15.2 Å². The molecule has 0 aliphatic carbocycles. The summed E-state index contributed by atoms with van der Waals surface area (Å²) in [7, 11) is 0. The Hall–Kier alpha value is -2.70. The molecule has 30 heavy (non-hydrogen) atoms. The van der Waals surface area contributed by atoms with Gasteiger partial charge in [0.1, 0.15) is 5.01 Å². The lowest BCUT2D eigenvalue weighted by Crippen LogP contribution is -2.45. The molecule has 2 amide bonds. The quantitative estimate of drug-likeness (QED) is 0.579. The van der Waals surface area contributed by atoms with E-state index in [1.807, 2.05) is 30.3 Å². The molecule has 1 fully saturated rings. The van der Waals surface area contributed by atoms with Crippen molar-refractivity contribution in [2.75, 3.05) is 18.4 Å². The summed E-state index contributed by atoms with van der Waals surface area (Å²) in [4.78, 5) is 19.5. The van der Waals surface area contributed by atoms with Gasteiger partial charge in [-0.05, 0) is 37.0 Å². The highest BCUT2D eigenvalue weighted by molar-refractivity contribution is 7.13. The standard InChI is InChI=1S/C24H28N4OS/c1-2-18-8-10-19(11-9-18)23-25-22(17-30-23)16-28-14-12-21(13-15-28)27-24(29)26-20-6-4-3-5-7-20/h3-11,17,21H,2,12-16H2,1H3,(H2,26,27,29). The highest BCUT2D eigenvalue weighted by Crippen LogP contribution is 2.25. The van der Waals surface area contributed by atoms with Gasteiger partial charge in [-0.2, -0.15) is 0 Å². The molecule has 0 atom stereocenters. The molecule has 0 spiro atoms. The zero-order valence-corrected chi connectivity index (χ0v) is 18.1. The molecule has 1 saturated heterocycles. The van der Waals surface area contributed by atoms with Gasteiger partial charge in [-0.3, -0.25) is 4.90 Å². The number of nitrogens with one attached hydrogen (secondary N) is 2. The van der Waals surface area contributed by atoms with E-state index in [4.69, 9.17) is 4.98 Å². The molecule has 0 unspecified atom stereocenters. The van der Waals surface area contributed by atoms with Gasteiger partial charge in [0, 0.05) is 42.3 Å². The fraction of sp³-hybridized carbons (Fsp3) is 0.333. The van der Waals surface area contributed by atoms with Gasteiger partial charge in [-0.25, -0.2) is 9.78 Å². The van der Waals surface area contributed by atoms with Crippen molar-refractivity contribution in [1.29, 1.82) is 0 Å². The largest absolute Gasteiger partial charge is 0.335 e. The van der Waals surface area contributed by atoms with Crippen LogP contribution >= 0.6 is 11.3 Å². The van der Waals surface area contributed by atoms with Crippen molar-refractivity contribution in [3.63, 3.8) is 0 Å². The maximum absolute atomic E-state index is 12.2. The van der Waals surface area contributed by atoms with Crippen molar-refractivity contribution in [2.24, 2.45) is 0 Å². The molecule has 0 bridgehead atoms. The van der Waals surface area contributed by atoms with Crippen LogP contribution in [-0.2, 0) is 13.0 Å². The zero-order chi connectivity index (χ0) is 20.8. The lowest BCUT2D eigenvalue weighted by Gasteiger charge is -2.31. The summed E-state index contributed by atoms with van der Waals surface area (Å²) in [6.07, 6.45) is 2.97. The average Bonchev–Trinajstić information content (AvgIpc) is 3.24. The summed E-state index contributed by atoms with van der Waals surface area (Å²) in [5.74, 6) is 0. The number of anilines is 1. The van der Waals surface area contributed by atoms with Gasteiger partial charge in [0.15, 0.2) is 0 Å². The van der Waals surface area contributed by atoms with Crippen molar-refractivity contribution in [3.05, 3.63) is 71.2 Å². The molecule has 0 saturated carbocycles.